The summed E-state index contributed by atoms with van der Waals surface area (Å²) in [6.45, 7) is 0.100. The highest BCUT2D eigenvalue weighted by molar-refractivity contribution is 8.00. The summed E-state index contributed by atoms with van der Waals surface area (Å²) in [5.74, 6) is -0.817. The number of rotatable bonds is 6. The number of carbonyl (C=O) groups is 1. The van der Waals surface area contributed by atoms with E-state index in [1.165, 1.54) is 28.8 Å². The number of oxime groups is 1. The maximum absolute atomic E-state index is 13.5. The van der Waals surface area contributed by atoms with E-state index in [4.69, 9.17) is 9.74 Å². The van der Waals surface area contributed by atoms with Gasteiger partial charge < -0.3 is 25.6 Å². The fourth-order valence-electron chi connectivity index (χ4n) is 3.26. The Morgan fingerprint density at radius 3 is 2.97 bits per heavy atom. The maximum atomic E-state index is 13.5. The molecule has 1 fully saturated rings. The Hall–Kier alpha value is -2.70. The summed E-state index contributed by atoms with van der Waals surface area (Å²) in [6.07, 6.45) is -0.771. The lowest BCUT2D eigenvalue weighted by Gasteiger charge is -2.39. The molecule has 154 valence electrons. The highest BCUT2D eigenvalue weighted by Crippen LogP contribution is 2.35. The molecule has 4 N–H and O–H groups in total. The third-order valence-electron chi connectivity index (χ3n) is 4.90. The Kier molecular flexibility index (Phi) is 5.39. The molecule has 1 aromatic carbocycles. The molecule has 0 saturated carbocycles. The number of nitrogens with zero attached hydrogens (tertiary/aromatic N) is 4. The second-order valence-corrected chi connectivity index (χ2v) is 8.08. The van der Waals surface area contributed by atoms with E-state index < -0.39 is 18.6 Å². The first-order chi connectivity index (χ1) is 14.0. The van der Waals surface area contributed by atoms with Gasteiger partial charge in [-0.1, -0.05) is 23.0 Å². The average molecular weight is 423 g/mol. The SMILES string of the molecule is O=C(C(O)CO)N1CC(Sc2nonc2/C(=N/O)N[C@H]2Cc3ccc(F)cc32)C1. The van der Waals surface area contributed by atoms with Crippen LogP contribution in [0.3, 0.4) is 0 Å². The van der Waals surface area contributed by atoms with Gasteiger partial charge in [-0.2, -0.15) is 0 Å². The minimum absolute atomic E-state index is 0.0195. The van der Waals surface area contributed by atoms with Crippen LogP contribution >= 0.6 is 11.8 Å². The van der Waals surface area contributed by atoms with E-state index in [0.717, 1.165) is 11.1 Å². The van der Waals surface area contributed by atoms with Gasteiger partial charge in [-0.3, -0.25) is 4.79 Å². The zero-order chi connectivity index (χ0) is 20.5. The lowest BCUT2D eigenvalue weighted by Crippen LogP contribution is -2.55. The summed E-state index contributed by atoms with van der Waals surface area (Å²) in [4.78, 5) is 13.2. The Morgan fingerprint density at radius 1 is 1.45 bits per heavy atom. The van der Waals surface area contributed by atoms with Crippen LogP contribution in [0, 0.1) is 5.82 Å². The lowest BCUT2D eigenvalue weighted by atomic mass is 9.83. The van der Waals surface area contributed by atoms with E-state index in [1.54, 1.807) is 6.07 Å². The van der Waals surface area contributed by atoms with Gasteiger partial charge in [0, 0.05) is 18.3 Å². The van der Waals surface area contributed by atoms with Crippen LogP contribution in [0.1, 0.15) is 22.9 Å². The molecule has 1 saturated heterocycles. The smallest absolute Gasteiger partial charge is 0.253 e. The maximum Gasteiger partial charge on any atom is 0.253 e. The van der Waals surface area contributed by atoms with E-state index in [1.807, 2.05) is 0 Å². The molecule has 2 aliphatic rings. The van der Waals surface area contributed by atoms with Crippen LogP contribution < -0.4 is 5.32 Å². The van der Waals surface area contributed by atoms with E-state index in [9.17, 15) is 19.5 Å². The number of thioether (sulfide) groups is 1. The van der Waals surface area contributed by atoms with Crippen molar-refractivity contribution in [2.75, 3.05) is 19.7 Å². The van der Waals surface area contributed by atoms with Crippen molar-refractivity contribution in [3.05, 3.63) is 40.8 Å². The van der Waals surface area contributed by atoms with Crippen molar-refractivity contribution in [1.29, 1.82) is 0 Å². The summed E-state index contributed by atoms with van der Waals surface area (Å²) in [7, 11) is 0. The molecule has 0 bridgehead atoms. The van der Waals surface area contributed by atoms with Crippen LogP contribution in [0.5, 0.6) is 0 Å². The number of hydrogen-bond donors (Lipinski definition) is 4. The van der Waals surface area contributed by atoms with Crippen LogP contribution in [0.2, 0.25) is 0 Å². The van der Waals surface area contributed by atoms with Crippen LogP contribution in [0.4, 0.5) is 4.39 Å². The van der Waals surface area contributed by atoms with Gasteiger partial charge in [-0.25, -0.2) is 9.02 Å². The van der Waals surface area contributed by atoms with Gasteiger partial charge >= 0.3 is 0 Å². The predicted molar refractivity (Wildman–Crippen MR) is 97.9 cm³/mol. The summed E-state index contributed by atoms with van der Waals surface area (Å²) < 4.78 is 18.2. The summed E-state index contributed by atoms with van der Waals surface area (Å²) in [5, 5.41) is 41.9. The van der Waals surface area contributed by atoms with E-state index in [2.05, 4.69) is 20.8 Å². The number of aliphatic hydroxyl groups excluding tert-OH is 2. The minimum atomic E-state index is -1.42. The molecule has 29 heavy (non-hydrogen) atoms. The van der Waals surface area contributed by atoms with Crippen LogP contribution in [-0.4, -0.2) is 73.4 Å². The van der Waals surface area contributed by atoms with Crippen molar-refractivity contribution >= 4 is 23.5 Å². The standard InChI is InChI=1S/C17H18FN5O5S/c18-9-2-1-8-3-12(11(8)4-9)19-15(20-27)14-16(22-28-21-14)29-10-5-23(6-10)17(26)13(25)7-24/h1-2,4,10,12-13,24-25,27H,3,5-7H2,(H,19,20)/t12-,13?/m0/s1. The number of amidine groups is 1. The quantitative estimate of drug-likeness (QED) is 0.216. The van der Waals surface area contributed by atoms with Crippen LogP contribution in [0.25, 0.3) is 0 Å². The normalized spacial score (nSPS) is 19.9. The van der Waals surface area contributed by atoms with Gasteiger partial charge in [-0.05, 0) is 40.0 Å². The molecule has 2 heterocycles. The van der Waals surface area contributed by atoms with Crippen molar-refractivity contribution in [2.45, 2.75) is 28.8 Å². The summed E-state index contributed by atoms with van der Waals surface area (Å²) >= 11 is 1.29. The Morgan fingerprint density at radius 2 is 2.24 bits per heavy atom. The van der Waals surface area contributed by atoms with Crippen molar-refractivity contribution < 1.29 is 29.2 Å². The molecule has 1 aliphatic heterocycles. The fourth-order valence-corrected chi connectivity index (χ4v) is 4.40. The number of aromatic nitrogens is 2. The number of nitrogens with one attached hydrogen (secondary N) is 1. The van der Waals surface area contributed by atoms with E-state index in [0.29, 0.717) is 24.5 Å². The number of benzene rings is 1. The molecule has 0 radical (unpaired) electrons. The Balaban J connectivity index is 1.38. The lowest BCUT2D eigenvalue weighted by molar-refractivity contribution is -0.145. The third-order valence-corrected chi connectivity index (χ3v) is 6.02. The largest absolute Gasteiger partial charge is 0.409 e. The number of fused-ring (bicyclic) bond motifs is 1. The number of likely N-dealkylation sites (tertiary alicyclic amines) is 1. The predicted octanol–water partition coefficient (Wildman–Crippen LogP) is -0.112. The summed E-state index contributed by atoms with van der Waals surface area (Å²) in [5.41, 5.74) is 2.01. The van der Waals surface area contributed by atoms with Gasteiger partial charge in [0.05, 0.1) is 12.6 Å². The first-order valence-electron chi connectivity index (χ1n) is 8.84. The monoisotopic (exact) mass is 423 g/mol. The topological polar surface area (TPSA) is 144 Å². The number of carbonyl (C=O) groups excluding carboxylic acids is 1. The fraction of sp³-hybridized carbons (Fsp3) is 0.412. The number of aliphatic hydroxyl groups is 2. The number of hydrogen-bond acceptors (Lipinski definition) is 9. The number of halogens is 1. The Bertz CT molecular complexity index is 948. The second kappa shape index (κ2) is 7.97. The molecule has 1 amide bonds. The minimum Gasteiger partial charge on any atom is -0.409 e. The van der Waals surface area contributed by atoms with Gasteiger partial charge in [0.25, 0.3) is 5.91 Å². The zero-order valence-corrected chi connectivity index (χ0v) is 15.8. The molecule has 2 aromatic rings. The zero-order valence-electron chi connectivity index (χ0n) is 15.0. The number of amides is 1. The molecule has 2 atom stereocenters. The van der Waals surface area contributed by atoms with Crippen LogP contribution in [-0.2, 0) is 11.2 Å². The van der Waals surface area contributed by atoms with Crippen LogP contribution in [0.15, 0.2) is 33.0 Å². The first kappa shape index (κ1) is 19.6. The highest BCUT2D eigenvalue weighted by Gasteiger charge is 2.36. The molecule has 12 heteroatoms. The van der Waals surface area contributed by atoms with Crippen molar-refractivity contribution in [1.82, 2.24) is 20.5 Å². The Labute approximate surface area is 168 Å². The molecule has 10 nitrogen and oxygen atoms in total. The van der Waals surface area contributed by atoms with Gasteiger partial charge in [-0.15, -0.1) is 0 Å². The first-order valence-corrected chi connectivity index (χ1v) is 9.72. The van der Waals surface area contributed by atoms with Crippen molar-refractivity contribution in [3.63, 3.8) is 0 Å². The van der Waals surface area contributed by atoms with Crippen molar-refractivity contribution in [2.24, 2.45) is 5.16 Å². The highest BCUT2D eigenvalue weighted by atomic mass is 32.2. The molecular formula is C17H18FN5O5S. The van der Waals surface area contributed by atoms with E-state index in [-0.39, 0.29) is 28.6 Å². The van der Waals surface area contributed by atoms with Gasteiger partial charge in [0.1, 0.15) is 5.82 Å². The second-order valence-electron chi connectivity index (χ2n) is 6.79. The molecule has 1 unspecified atom stereocenters. The average Bonchev–Trinajstić information content (AvgIpc) is 3.14. The third kappa shape index (κ3) is 3.78. The molecule has 4 rings (SSSR count). The van der Waals surface area contributed by atoms with Crippen molar-refractivity contribution in [3.8, 4) is 0 Å². The van der Waals surface area contributed by atoms with E-state index >= 15 is 0 Å². The molecule has 1 aliphatic carbocycles. The van der Waals surface area contributed by atoms with Gasteiger partial charge in [0.2, 0.25) is 0 Å². The molecule has 0 spiro atoms. The molecular weight excluding hydrogens is 405 g/mol. The summed E-state index contributed by atoms with van der Waals surface area (Å²) in [6, 6.07) is 4.33. The van der Waals surface area contributed by atoms with Gasteiger partial charge in [0.15, 0.2) is 22.7 Å². The molecule has 1 aromatic heterocycles.